The fraction of sp³-hybridized carbons (Fsp3) is 0.231. The molecule has 0 unspecified atom stereocenters. The van der Waals surface area contributed by atoms with Gasteiger partial charge in [-0.05, 0) is 5.56 Å². The van der Waals surface area contributed by atoms with Crippen LogP contribution in [0.2, 0.25) is 0 Å². The number of amides is 4. The topological polar surface area (TPSA) is 116 Å². The van der Waals surface area contributed by atoms with E-state index in [1.54, 1.807) is 30.3 Å². The third-order valence-corrected chi connectivity index (χ3v) is 2.92. The van der Waals surface area contributed by atoms with Crippen LogP contribution >= 0.6 is 0 Å². The van der Waals surface area contributed by atoms with Crippen molar-refractivity contribution in [3.05, 3.63) is 35.9 Å². The van der Waals surface area contributed by atoms with Gasteiger partial charge in [0.15, 0.2) is 6.04 Å². The van der Waals surface area contributed by atoms with Crippen LogP contribution in [0.25, 0.3) is 0 Å². The van der Waals surface area contributed by atoms with Crippen LogP contribution in [0, 0.1) is 0 Å². The van der Waals surface area contributed by atoms with Crippen molar-refractivity contribution in [2.45, 2.75) is 6.04 Å². The summed E-state index contributed by atoms with van der Waals surface area (Å²) < 4.78 is 0. The quantitative estimate of drug-likeness (QED) is 0.631. The fourth-order valence-corrected chi connectivity index (χ4v) is 1.90. The molecule has 4 amide bonds. The third-order valence-electron chi connectivity index (χ3n) is 2.92. The molecule has 110 valence electrons. The highest BCUT2D eigenvalue weighted by Crippen LogP contribution is 2.12. The Hall–Kier alpha value is -2.90. The zero-order chi connectivity index (χ0) is 15.4. The maximum absolute atomic E-state index is 11.8. The number of hydrogen-bond acceptors (Lipinski definition) is 4. The number of carboxylic acids is 1. The van der Waals surface area contributed by atoms with E-state index in [-0.39, 0.29) is 6.54 Å². The molecule has 1 aliphatic rings. The Kier molecular flexibility index (Phi) is 4.17. The number of benzene rings is 1. The lowest BCUT2D eigenvalue weighted by Crippen LogP contribution is -2.43. The first-order valence-corrected chi connectivity index (χ1v) is 6.14. The fourth-order valence-electron chi connectivity index (χ4n) is 1.90. The average Bonchev–Trinajstić information content (AvgIpc) is 2.77. The standard InChI is InChI=1S/C13H13N3O5/c17-9(7-16-10(18)6-14-13(16)21)15-11(12(19)20)8-4-2-1-3-5-8/h1-5,11H,6-7H2,(H,14,21)(H,15,17)(H,19,20)/t11-/m0/s1. The first-order valence-electron chi connectivity index (χ1n) is 6.14. The Morgan fingerprint density at radius 1 is 1.29 bits per heavy atom. The molecule has 1 aromatic carbocycles. The van der Waals surface area contributed by atoms with Gasteiger partial charge < -0.3 is 15.7 Å². The van der Waals surface area contributed by atoms with E-state index in [0.717, 1.165) is 4.90 Å². The number of rotatable bonds is 5. The molecule has 0 saturated carbocycles. The minimum absolute atomic E-state index is 0.160. The Labute approximate surface area is 119 Å². The van der Waals surface area contributed by atoms with E-state index < -0.39 is 36.4 Å². The molecule has 0 radical (unpaired) electrons. The third kappa shape index (κ3) is 3.35. The number of nitrogens with one attached hydrogen (secondary N) is 2. The van der Waals surface area contributed by atoms with Crippen molar-refractivity contribution >= 4 is 23.8 Å². The number of aliphatic carboxylic acids is 1. The summed E-state index contributed by atoms with van der Waals surface area (Å²) in [6, 6.07) is 6.24. The monoisotopic (exact) mass is 291 g/mol. The molecule has 1 aliphatic heterocycles. The number of carbonyl (C=O) groups is 4. The van der Waals surface area contributed by atoms with Gasteiger partial charge in [0.2, 0.25) is 5.91 Å². The van der Waals surface area contributed by atoms with E-state index in [1.807, 2.05) is 0 Å². The van der Waals surface area contributed by atoms with Gasteiger partial charge in [-0.1, -0.05) is 30.3 Å². The molecule has 1 aromatic rings. The molecule has 8 nitrogen and oxygen atoms in total. The van der Waals surface area contributed by atoms with Crippen molar-refractivity contribution in [2.75, 3.05) is 13.1 Å². The zero-order valence-electron chi connectivity index (χ0n) is 10.9. The van der Waals surface area contributed by atoms with Crippen molar-refractivity contribution in [1.82, 2.24) is 15.5 Å². The van der Waals surface area contributed by atoms with Crippen LogP contribution < -0.4 is 10.6 Å². The number of nitrogens with zero attached hydrogens (tertiary/aromatic N) is 1. The van der Waals surface area contributed by atoms with Gasteiger partial charge in [-0.3, -0.25) is 14.5 Å². The van der Waals surface area contributed by atoms with Gasteiger partial charge >= 0.3 is 12.0 Å². The summed E-state index contributed by atoms with van der Waals surface area (Å²) in [6.07, 6.45) is 0. The number of imide groups is 1. The van der Waals surface area contributed by atoms with Crippen LogP contribution in [0.3, 0.4) is 0 Å². The molecule has 3 N–H and O–H groups in total. The lowest BCUT2D eigenvalue weighted by molar-refractivity contribution is -0.142. The van der Waals surface area contributed by atoms with Gasteiger partial charge in [0.1, 0.15) is 6.54 Å². The summed E-state index contributed by atoms with van der Waals surface area (Å²) in [5.41, 5.74) is 0.399. The summed E-state index contributed by atoms with van der Waals surface area (Å²) in [7, 11) is 0. The summed E-state index contributed by atoms with van der Waals surface area (Å²) in [5.74, 6) is -2.48. The molecule has 1 fully saturated rings. The number of carboxylic acid groups (broad SMARTS) is 1. The number of carbonyl (C=O) groups excluding carboxylic acids is 3. The Balaban J connectivity index is 2.04. The van der Waals surface area contributed by atoms with Gasteiger partial charge in [-0.2, -0.15) is 0 Å². The summed E-state index contributed by atoms with van der Waals surface area (Å²) in [4.78, 5) is 46.5. The largest absolute Gasteiger partial charge is 0.479 e. The van der Waals surface area contributed by atoms with Gasteiger partial charge in [-0.15, -0.1) is 0 Å². The molecule has 8 heteroatoms. The van der Waals surface area contributed by atoms with Crippen LogP contribution in [-0.4, -0.2) is 46.9 Å². The highest BCUT2D eigenvalue weighted by Gasteiger charge is 2.31. The predicted molar refractivity (Wildman–Crippen MR) is 70.1 cm³/mol. The van der Waals surface area contributed by atoms with E-state index >= 15 is 0 Å². The van der Waals surface area contributed by atoms with E-state index in [4.69, 9.17) is 5.11 Å². The molecule has 0 bridgehead atoms. The molecule has 0 aliphatic carbocycles. The highest BCUT2D eigenvalue weighted by molar-refractivity contribution is 6.04. The number of hydrogen-bond donors (Lipinski definition) is 3. The molecular formula is C13H13N3O5. The first-order chi connectivity index (χ1) is 9.99. The van der Waals surface area contributed by atoms with Crippen molar-refractivity contribution in [2.24, 2.45) is 0 Å². The molecule has 1 atom stereocenters. The normalized spacial score (nSPS) is 15.5. The molecule has 2 rings (SSSR count). The SMILES string of the molecule is O=C(CN1C(=O)CNC1=O)N[C@H](C(=O)O)c1ccccc1. The first kappa shape index (κ1) is 14.5. The Bertz CT molecular complexity index is 571. The second-order valence-electron chi connectivity index (χ2n) is 4.39. The average molecular weight is 291 g/mol. The van der Waals surface area contributed by atoms with Gasteiger partial charge in [0.05, 0.1) is 6.54 Å². The van der Waals surface area contributed by atoms with Gasteiger partial charge in [-0.25, -0.2) is 9.59 Å². The van der Waals surface area contributed by atoms with Crippen LogP contribution in [0.4, 0.5) is 4.79 Å². The van der Waals surface area contributed by atoms with Crippen molar-refractivity contribution in [3.63, 3.8) is 0 Å². The molecule has 21 heavy (non-hydrogen) atoms. The van der Waals surface area contributed by atoms with Crippen LogP contribution in [0.5, 0.6) is 0 Å². The lowest BCUT2D eigenvalue weighted by atomic mass is 10.1. The van der Waals surface area contributed by atoms with E-state index in [9.17, 15) is 19.2 Å². The van der Waals surface area contributed by atoms with Crippen molar-refractivity contribution in [3.8, 4) is 0 Å². The Morgan fingerprint density at radius 2 is 1.95 bits per heavy atom. The van der Waals surface area contributed by atoms with Gasteiger partial charge in [0.25, 0.3) is 5.91 Å². The highest BCUT2D eigenvalue weighted by atomic mass is 16.4. The smallest absolute Gasteiger partial charge is 0.330 e. The van der Waals surface area contributed by atoms with Crippen LogP contribution in [-0.2, 0) is 14.4 Å². The van der Waals surface area contributed by atoms with E-state index in [2.05, 4.69) is 10.6 Å². The summed E-state index contributed by atoms with van der Waals surface area (Å²) in [6.45, 7) is -0.672. The molecule has 0 spiro atoms. The maximum Gasteiger partial charge on any atom is 0.330 e. The van der Waals surface area contributed by atoms with Crippen LogP contribution in [0.15, 0.2) is 30.3 Å². The summed E-state index contributed by atoms with van der Waals surface area (Å²) in [5, 5.41) is 13.7. The Morgan fingerprint density at radius 3 is 2.48 bits per heavy atom. The molecule has 1 heterocycles. The minimum atomic E-state index is -1.24. The van der Waals surface area contributed by atoms with E-state index in [0.29, 0.717) is 5.56 Å². The number of urea groups is 1. The second kappa shape index (κ2) is 6.04. The maximum atomic E-state index is 11.8. The minimum Gasteiger partial charge on any atom is -0.479 e. The van der Waals surface area contributed by atoms with E-state index in [1.165, 1.54) is 0 Å². The second-order valence-corrected chi connectivity index (χ2v) is 4.39. The van der Waals surface area contributed by atoms with Crippen molar-refractivity contribution < 1.29 is 24.3 Å². The summed E-state index contributed by atoms with van der Waals surface area (Å²) >= 11 is 0. The molecular weight excluding hydrogens is 278 g/mol. The van der Waals surface area contributed by atoms with Gasteiger partial charge in [0, 0.05) is 0 Å². The van der Waals surface area contributed by atoms with Crippen LogP contribution in [0.1, 0.15) is 11.6 Å². The molecule has 1 saturated heterocycles. The predicted octanol–water partition coefficient (Wildman–Crippen LogP) is -0.520. The van der Waals surface area contributed by atoms with Crippen molar-refractivity contribution in [1.29, 1.82) is 0 Å². The molecule has 0 aromatic heterocycles. The zero-order valence-corrected chi connectivity index (χ0v) is 10.9. The lowest BCUT2D eigenvalue weighted by Gasteiger charge is -2.17.